The van der Waals surface area contributed by atoms with Crippen LogP contribution < -0.4 is 14.8 Å². The van der Waals surface area contributed by atoms with Crippen LogP contribution in [0.5, 0.6) is 11.5 Å². The molecular weight excluding hydrogens is 268 g/mol. The minimum atomic E-state index is 0. The normalized spacial score (nSPS) is 20.9. The average molecular weight is 285 g/mol. The summed E-state index contributed by atoms with van der Waals surface area (Å²) in [6.45, 7) is 4.72. The molecule has 1 aromatic carbocycles. The smallest absolute Gasteiger partial charge is 0.254 e. The van der Waals surface area contributed by atoms with Crippen molar-refractivity contribution >= 4 is 18.3 Å². The third kappa shape index (κ3) is 2.62. The van der Waals surface area contributed by atoms with Gasteiger partial charge in [-0.1, -0.05) is 0 Å². The maximum absolute atomic E-state index is 12.4. The zero-order valence-electron chi connectivity index (χ0n) is 10.7. The summed E-state index contributed by atoms with van der Waals surface area (Å²) in [5.74, 6) is 1.42. The van der Waals surface area contributed by atoms with Crippen LogP contribution in [0.4, 0.5) is 0 Å². The molecule has 2 heterocycles. The van der Waals surface area contributed by atoms with Crippen LogP contribution in [0.3, 0.4) is 0 Å². The highest BCUT2D eigenvalue weighted by atomic mass is 35.5. The zero-order valence-corrected chi connectivity index (χ0v) is 11.5. The summed E-state index contributed by atoms with van der Waals surface area (Å²) in [6.07, 6.45) is 0. The molecule has 5 nitrogen and oxygen atoms in total. The molecule has 0 unspecified atom stereocenters. The molecule has 0 bridgehead atoms. The number of ether oxygens (including phenoxy) is 2. The molecule has 1 fully saturated rings. The number of carbonyl (C=O) groups excluding carboxylic acids is 1. The Bertz CT molecular complexity index is 481. The summed E-state index contributed by atoms with van der Waals surface area (Å²) in [5, 5.41) is 3.27. The Morgan fingerprint density at radius 3 is 2.95 bits per heavy atom. The number of amides is 1. The van der Waals surface area contributed by atoms with E-state index in [0.717, 1.165) is 19.6 Å². The van der Waals surface area contributed by atoms with Gasteiger partial charge in [0.2, 0.25) is 6.79 Å². The van der Waals surface area contributed by atoms with E-state index in [1.165, 1.54) is 0 Å². The molecule has 19 heavy (non-hydrogen) atoms. The van der Waals surface area contributed by atoms with Gasteiger partial charge in [0, 0.05) is 31.2 Å². The number of nitrogens with zero attached hydrogens (tertiary/aromatic N) is 1. The number of rotatable bonds is 1. The summed E-state index contributed by atoms with van der Waals surface area (Å²) in [4.78, 5) is 14.3. The molecule has 3 rings (SSSR count). The van der Waals surface area contributed by atoms with Gasteiger partial charge in [-0.2, -0.15) is 0 Å². The predicted octanol–water partition coefficient (Wildman–Crippen LogP) is 1.27. The van der Waals surface area contributed by atoms with Gasteiger partial charge >= 0.3 is 0 Å². The van der Waals surface area contributed by atoms with Crippen molar-refractivity contribution in [2.24, 2.45) is 0 Å². The summed E-state index contributed by atoms with van der Waals surface area (Å²) < 4.78 is 10.5. The van der Waals surface area contributed by atoms with Crippen molar-refractivity contribution in [1.82, 2.24) is 10.2 Å². The van der Waals surface area contributed by atoms with E-state index in [-0.39, 0.29) is 31.1 Å². The number of halogens is 1. The highest BCUT2D eigenvalue weighted by Crippen LogP contribution is 2.32. The third-order valence-corrected chi connectivity index (χ3v) is 3.38. The Labute approximate surface area is 118 Å². The van der Waals surface area contributed by atoms with Crippen LogP contribution in [-0.2, 0) is 0 Å². The third-order valence-electron chi connectivity index (χ3n) is 3.38. The summed E-state index contributed by atoms with van der Waals surface area (Å²) >= 11 is 0. The minimum Gasteiger partial charge on any atom is -0.454 e. The van der Waals surface area contributed by atoms with Crippen LogP contribution in [-0.4, -0.2) is 43.3 Å². The molecular formula is C13H17ClN2O3. The molecule has 0 aromatic heterocycles. The van der Waals surface area contributed by atoms with E-state index >= 15 is 0 Å². The molecule has 2 aliphatic heterocycles. The van der Waals surface area contributed by atoms with Crippen molar-refractivity contribution in [3.63, 3.8) is 0 Å². The standard InChI is InChI=1S/C13H16N2O3.ClH/c1-9-7-14-4-5-15(9)13(16)10-2-3-11-12(6-10)18-8-17-11;/h2-3,6,9,14H,4-5,7-8H2,1H3;1H/t9-;/m1./s1. The largest absolute Gasteiger partial charge is 0.454 e. The number of hydrogen-bond acceptors (Lipinski definition) is 4. The van der Waals surface area contributed by atoms with Gasteiger partial charge in [0.05, 0.1) is 0 Å². The highest BCUT2D eigenvalue weighted by molar-refractivity contribution is 5.95. The molecule has 1 amide bonds. The lowest BCUT2D eigenvalue weighted by Gasteiger charge is -2.34. The van der Waals surface area contributed by atoms with Crippen LogP contribution in [0.2, 0.25) is 0 Å². The number of fused-ring (bicyclic) bond motifs is 1. The fourth-order valence-corrected chi connectivity index (χ4v) is 2.34. The predicted molar refractivity (Wildman–Crippen MR) is 73.2 cm³/mol. The van der Waals surface area contributed by atoms with E-state index < -0.39 is 0 Å². The van der Waals surface area contributed by atoms with Crippen LogP contribution >= 0.6 is 12.4 Å². The lowest BCUT2D eigenvalue weighted by molar-refractivity contribution is 0.0655. The second-order valence-electron chi connectivity index (χ2n) is 4.62. The molecule has 104 valence electrons. The fourth-order valence-electron chi connectivity index (χ4n) is 2.34. The summed E-state index contributed by atoms with van der Waals surface area (Å²) in [5.41, 5.74) is 0.660. The Balaban J connectivity index is 0.00000133. The second-order valence-corrected chi connectivity index (χ2v) is 4.62. The van der Waals surface area contributed by atoms with Crippen LogP contribution in [0.25, 0.3) is 0 Å². The Morgan fingerprint density at radius 2 is 2.16 bits per heavy atom. The Kier molecular flexibility index (Phi) is 4.17. The molecule has 1 saturated heterocycles. The first kappa shape index (κ1) is 14.0. The average Bonchev–Trinajstić information content (AvgIpc) is 2.85. The maximum Gasteiger partial charge on any atom is 0.254 e. The molecule has 0 spiro atoms. The first-order chi connectivity index (χ1) is 8.75. The van der Waals surface area contributed by atoms with E-state index in [2.05, 4.69) is 12.2 Å². The van der Waals surface area contributed by atoms with Crippen molar-refractivity contribution in [2.75, 3.05) is 26.4 Å². The molecule has 1 aromatic rings. The van der Waals surface area contributed by atoms with E-state index in [9.17, 15) is 4.79 Å². The molecule has 6 heteroatoms. The van der Waals surface area contributed by atoms with E-state index in [0.29, 0.717) is 17.1 Å². The number of benzene rings is 1. The Hall–Kier alpha value is -1.46. The van der Waals surface area contributed by atoms with Gasteiger partial charge < -0.3 is 19.7 Å². The minimum absolute atomic E-state index is 0. The topological polar surface area (TPSA) is 50.8 Å². The summed E-state index contributed by atoms with van der Waals surface area (Å²) in [7, 11) is 0. The molecule has 0 aliphatic carbocycles. The lowest BCUT2D eigenvalue weighted by atomic mass is 10.1. The van der Waals surface area contributed by atoms with E-state index in [4.69, 9.17) is 9.47 Å². The van der Waals surface area contributed by atoms with Crippen molar-refractivity contribution < 1.29 is 14.3 Å². The van der Waals surface area contributed by atoms with Crippen molar-refractivity contribution in [2.45, 2.75) is 13.0 Å². The van der Waals surface area contributed by atoms with Gasteiger partial charge in [0.25, 0.3) is 5.91 Å². The quantitative estimate of drug-likeness (QED) is 0.844. The zero-order chi connectivity index (χ0) is 12.5. The van der Waals surface area contributed by atoms with Gasteiger partial charge in [-0.3, -0.25) is 4.79 Å². The molecule has 2 aliphatic rings. The van der Waals surface area contributed by atoms with Crippen LogP contribution in [0.1, 0.15) is 17.3 Å². The SMILES string of the molecule is C[C@@H]1CNCCN1C(=O)c1ccc2c(c1)OCO2.Cl. The molecule has 1 N–H and O–H groups in total. The van der Waals surface area contributed by atoms with Gasteiger partial charge in [0.1, 0.15) is 0 Å². The Morgan fingerprint density at radius 1 is 1.37 bits per heavy atom. The van der Waals surface area contributed by atoms with Gasteiger partial charge in [-0.25, -0.2) is 0 Å². The van der Waals surface area contributed by atoms with E-state index in [1.54, 1.807) is 18.2 Å². The van der Waals surface area contributed by atoms with Crippen molar-refractivity contribution in [3.8, 4) is 11.5 Å². The summed E-state index contributed by atoms with van der Waals surface area (Å²) in [6, 6.07) is 5.57. The number of hydrogen-bond donors (Lipinski definition) is 1. The first-order valence-corrected chi connectivity index (χ1v) is 6.17. The number of piperazine rings is 1. The second kappa shape index (κ2) is 5.67. The maximum atomic E-state index is 12.4. The molecule has 0 saturated carbocycles. The monoisotopic (exact) mass is 284 g/mol. The first-order valence-electron chi connectivity index (χ1n) is 6.17. The molecule has 1 atom stereocenters. The highest BCUT2D eigenvalue weighted by Gasteiger charge is 2.25. The fraction of sp³-hybridized carbons (Fsp3) is 0.462. The number of nitrogens with one attached hydrogen (secondary N) is 1. The van der Waals surface area contributed by atoms with Gasteiger partial charge in [0.15, 0.2) is 11.5 Å². The number of carbonyl (C=O) groups is 1. The van der Waals surface area contributed by atoms with Crippen molar-refractivity contribution in [3.05, 3.63) is 23.8 Å². The molecule has 0 radical (unpaired) electrons. The van der Waals surface area contributed by atoms with Crippen LogP contribution in [0.15, 0.2) is 18.2 Å². The van der Waals surface area contributed by atoms with E-state index in [1.807, 2.05) is 4.90 Å². The van der Waals surface area contributed by atoms with Gasteiger partial charge in [-0.15, -0.1) is 12.4 Å². The van der Waals surface area contributed by atoms with Gasteiger partial charge in [-0.05, 0) is 25.1 Å². The van der Waals surface area contributed by atoms with Crippen molar-refractivity contribution in [1.29, 1.82) is 0 Å². The lowest BCUT2D eigenvalue weighted by Crippen LogP contribution is -2.52. The van der Waals surface area contributed by atoms with Crippen LogP contribution in [0, 0.1) is 0 Å².